The van der Waals surface area contributed by atoms with Crippen molar-refractivity contribution in [3.63, 3.8) is 0 Å². The molecule has 0 fully saturated rings. The van der Waals surface area contributed by atoms with Gasteiger partial charge in [0.2, 0.25) is 5.91 Å². The van der Waals surface area contributed by atoms with Crippen LogP contribution in [-0.2, 0) is 24.1 Å². The molecule has 0 saturated heterocycles. The monoisotopic (exact) mass is 577 g/mol. The molecule has 2 aromatic heterocycles. The summed E-state index contributed by atoms with van der Waals surface area (Å²) in [6.07, 6.45) is 5.31. The van der Waals surface area contributed by atoms with Crippen molar-refractivity contribution < 1.29 is 23.1 Å². The summed E-state index contributed by atoms with van der Waals surface area (Å²) in [5, 5.41) is 13.6. The number of nitriles is 1. The van der Waals surface area contributed by atoms with Crippen LogP contribution in [0, 0.1) is 23.0 Å². The Morgan fingerprint density at radius 1 is 1.02 bits per heavy atom. The fourth-order valence-electron chi connectivity index (χ4n) is 3.96. The van der Waals surface area contributed by atoms with E-state index >= 15 is 0 Å². The molecule has 41 heavy (non-hydrogen) atoms. The molecule has 0 aliphatic rings. The van der Waals surface area contributed by atoms with E-state index < -0.39 is 23.6 Å². The Bertz CT molecular complexity index is 1630. The van der Waals surface area contributed by atoms with E-state index in [9.17, 15) is 23.2 Å². The molecule has 0 radical (unpaired) electrons. The van der Waals surface area contributed by atoms with Gasteiger partial charge in [-0.2, -0.15) is 5.26 Å². The predicted molar refractivity (Wildman–Crippen MR) is 149 cm³/mol. The van der Waals surface area contributed by atoms with E-state index in [1.54, 1.807) is 18.3 Å². The Balaban J connectivity index is 1.23. The first-order valence-electron chi connectivity index (χ1n) is 12.7. The lowest BCUT2D eigenvalue weighted by atomic mass is 10.1. The average Bonchev–Trinajstić information content (AvgIpc) is 3.30. The van der Waals surface area contributed by atoms with Crippen LogP contribution in [0.3, 0.4) is 0 Å². The van der Waals surface area contributed by atoms with E-state index in [2.05, 4.69) is 20.0 Å². The fourth-order valence-corrected chi connectivity index (χ4v) is 4.76. The quantitative estimate of drug-likeness (QED) is 0.198. The van der Waals surface area contributed by atoms with Crippen molar-refractivity contribution in [1.29, 1.82) is 5.26 Å². The van der Waals surface area contributed by atoms with Crippen molar-refractivity contribution in [1.82, 2.24) is 14.7 Å². The van der Waals surface area contributed by atoms with Gasteiger partial charge in [0.05, 0.1) is 6.42 Å². The SMILES string of the molecule is N#Cc1c(CCCCCc2cc(Oc3ccc(NC(=O)NC(=O)Cc4ccc(F)cc4)cc3F)ccn2)s[nH]c1=O. The molecule has 4 rings (SSSR count). The van der Waals surface area contributed by atoms with Gasteiger partial charge in [-0.15, -0.1) is 0 Å². The van der Waals surface area contributed by atoms with Crippen LogP contribution in [0.1, 0.15) is 41.0 Å². The molecule has 0 saturated carbocycles. The molecule has 0 bridgehead atoms. The zero-order valence-corrected chi connectivity index (χ0v) is 22.5. The molecule has 2 aromatic carbocycles. The number of H-pyrrole nitrogens is 1. The third-order valence-corrected chi connectivity index (χ3v) is 6.90. The number of rotatable bonds is 11. The van der Waals surface area contributed by atoms with Crippen LogP contribution in [-0.4, -0.2) is 21.3 Å². The third-order valence-electron chi connectivity index (χ3n) is 5.96. The summed E-state index contributed by atoms with van der Waals surface area (Å²) >= 11 is 1.20. The summed E-state index contributed by atoms with van der Waals surface area (Å²) in [5.41, 5.74) is 1.27. The summed E-state index contributed by atoms with van der Waals surface area (Å²) in [6.45, 7) is 0. The molecular formula is C29H25F2N5O4S. The second-order valence-corrected chi connectivity index (χ2v) is 9.94. The number of aryl methyl sites for hydroxylation is 2. The van der Waals surface area contributed by atoms with Gasteiger partial charge in [-0.1, -0.05) is 30.1 Å². The van der Waals surface area contributed by atoms with Crippen LogP contribution < -0.4 is 20.9 Å². The maximum Gasteiger partial charge on any atom is 0.325 e. The average molecular weight is 578 g/mol. The van der Waals surface area contributed by atoms with E-state index in [0.29, 0.717) is 24.2 Å². The summed E-state index contributed by atoms with van der Waals surface area (Å²) in [7, 11) is 0. The van der Waals surface area contributed by atoms with Crippen molar-refractivity contribution in [3.8, 4) is 17.6 Å². The molecule has 3 amide bonds. The lowest BCUT2D eigenvalue weighted by Gasteiger charge is -2.11. The zero-order chi connectivity index (χ0) is 29.2. The number of unbranched alkanes of at least 4 members (excludes halogenated alkanes) is 2. The Morgan fingerprint density at radius 3 is 2.56 bits per heavy atom. The zero-order valence-electron chi connectivity index (χ0n) is 21.7. The van der Waals surface area contributed by atoms with Crippen molar-refractivity contribution >= 4 is 29.2 Å². The molecule has 0 atom stereocenters. The number of carbonyl (C=O) groups is 2. The highest BCUT2D eigenvalue weighted by Gasteiger charge is 2.13. The smallest absolute Gasteiger partial charge is 0.325 e. The summed E-state index contributed by atoms with van der Waals surface area (Å²) in [6, 6.07) is 13.6. The molecule has 4 aromatic rings. The molecule has 9 nitrogen and oxygen atoms in total. The predicted octanol–water partition coefficient (Wildman–Crippen LogP) is 5.62. The molecule has 210 valence electrons. The molecule has 0 spiro atoms. The maximum absolute atomic E-state index is 14.7. The normalized spacial score (nSPS) is 10.6. The van der Waals surface area contributed by atoms with Gasteiger partial charge in [-0.3, -0.25) is 24.3 Å². The minimum absolute atomic E-state index is 0.0562. The van der Waals surface area contributed by atoms with Gasteiger partial charge >= 0.3 is 6.03 Å². The summed E-state index contributed by atoms with van der Waals surface area (Å²) in [4.78, 5) is 40.8. The molecule has 0 aliphatic heterocycles. The number of urea groups is 1. The van der Waals surface area contributed by atoms with E-state index in [0.717, 1.165) is 35.9 Å². The van der Waals surface area contributed by atoms with Gasteiger partial charge in [0, 0.05) is 34.6 Å². The third kappa shape index (κ3) is 8.55. The number of ether oxygens (including phenoxy) is 1. The number of amides is 3. The molecule has 0 unspecified atom stereocenters. The second kappa shape index (κ2) is 14.0. The first kappa shape index (κ1) is 29.1. The van der Waals surface area contributed by atoms with Crippen LogP contribution in [0.25, 0.3) is 0 Å². The Kier molecular flexibility index (Phi) is 9.90. The minimum atomic E-state index is -0.835. The van der Waals surface area contributed by atoms with Crippen LogP contribution in [0.2, 0.25) is 0 Å². The minimum Gasteiger partial charge on any atom is -0.454 e. The maximum atomic E-state index is 14.7. The number of carbonyl (C=O) groups excluding carboxylic acids is 2. The van der Waals surface area contributed by atoms with Gasteiger partial charge in [-0.05, 0) is 61.6 Å². The topological polar surface area (TPSA) is 137 Å². The molecule has 2 heterocycles. The van der Waals surface area contributed by atoms with E-state index in [-0.39, 0.29) is 29.0 Å². The van der Waals surface area contributed by atoms with Crippen LogP contribution in [0.4, 0.5) is 19.3 Å². The molecule has 0 aliphatic carbocycles. The van der Waals surface area contributed by atoms with Gasteiger partial charge in [0.1, 0.15) is 23.2 Å². The van der Waals surface area contributed by atoms with Crippen LogP contribution in [0.15, 0.2) is 65.6 Å². The number of nitrogens with one attached hydrogen (secondary N) is 3. The first-order valence-corrected chi connectivity index (χ1v) is 13.5. The number of aromatic nitrogens is 2. The fraction of sp³-hybridized carbons (Fsp3) is 0.207. The summed E-state index contributed by atoms with van der Waals surface area (Å²) in [5.74, 6) is -1.41. The van der Waals surface area contributed by atoms with Crippen molar-refractivity contribution in [2.24, 2.45) is 0 Å². The number of imide groups is 1. The number of benzene rings is 2. The number of hydrogen-bond acceptors (Lipinski definition) is 7. The molecule has 3 N–H and O–H groups in total. The number of hydrogen-bond donors (Lipinski definition) is 3. The lowest BCUT2D eigenvalue weighted by Crippen LogP contribution is -2.35. The van der Waals surface area contributed by atoms with E-state index in [4.69, 9.17) is 10.00 Å². The molecule has 12 heteroatoms. The van der Waals surface area contributed by atoms with Crippen molar-refractivity contribution in [2.75, 3.05) is 5.32 Å². The van der Waals surface area contributed by atoms with Gasteiger partial charge in [0.15, 0.2) is 11.6 Å². The lowest BCUT2D eigenvalue weighted by molar-refractivity contribution is -0.119. The van der Waals surface area contributed by atoms with Crippen molar-refractivity contribution in [2.45, 2.75) is 38.5 Å². The Hall–Kier alpha value is -4.89. The number of nitrogens with zero attached hydrogens (tertiary/aromatic N) is 2. The van der Waals surface area contributed by atoms with Crippen molar-refractivity contribution in [3.05, 3.63) is 104 Å². The second-order valence-electron chi connectivity index (χ2n) is 9.04. The highest BCUT2D eigenvalue weighted by Crippen LogP contribution is 2.27. The van der Waals surface area contributed by atoms with Gasteiger partial charge < -0.3 is 10.1 Å². The van der Waals surface area contributed by atoms with Gasteiger partial charge in [-0.25, -0.2) is 13.6 Å². The number of halogens is 2. The standard InChI is InChI=1S/C29H25F2N5O4S/c30-19-8-6-18(7-9-19)14-27(37)35-29(39)34-21-10-11-25(24(31)16-21)40-22-12-13-33-20(15-22)4-2-1-3-5-26-23(17-32)28(38)36-41-26/h6-13,15-16H,1-5,14H2,(H,36,38)(H2,34,35,37,39). The Morgan fingerprint density at radius 2 is 1.80 bits per heavy atom. The van der Waals surface area contributed by atoms with E-state index in [1.807, 2.05) is 6.07 Å². The number of aromatic amines is 1. The van der Waals surface area contributed by atoms with Crippen LogP contribution >= 0.6 is 11.5 Å². The van der Waals surface area contributed by atoms with E-state index in [1.165, 1.54) is 47.9 Å². The highest BCUT2D eigenvalue weighted by atomic mass is 32.1. The Labute approximate surface area is 238 Å². The summed E-state index contributed by atoms with van der Waals surface area (Å²) < 4.78 is 35.9. The number of anilines is 1. The molecular weight excluding hydrogens is 552 g/mol. The first-order chi connectivity index (χ1) is 19.8. The van der Waals surface area contributed by atoms with Crippen LogP contribution in [0.5, 0.6) is 11.5 Å². The van der Waals surface area contributed by atoms with Gasteiger partial charge in [0.25, 0.3) is 5.56 Å². The highest BCUT2D eigenvalue weighted by molar-refractivity contribution is 7.05. The number of pyridine rings is 1. The largest absolute Gasteiger partial charge is 0.454 e.